The van der Waals surface area contributed by atoms with Crippen molar-refractivity contribution in [1.82, 2.24) is 24.6 Å². The lowest BCUT2D eigenvalue weighted by atomic mass is 9.98. The van der Waals surface area contributed by atoms with E-state index in [1.54, 1.807) is 0 Å². The van der Waals surface area contributed by atoms with Gasteiger partial charge in [0.15, 0.2) is 0 Å². The standard InChI is InChI=1S/C19H23N5/c1-23(12-15-7-8-18-20-9-10-24(18)13-15)14-17-11-21-22-19(17)16-5-3-2-4-6-16/h2-6,9-11,15H,7-8,12-14H2,1H3,(H,21,22). The van der Waals surface area contributed by atoms with E-state index in [9.17, 15) is 0 Å². The molecule has 1 aromatic carbocycles. The third kappa shape index (κ3) is 3.12. The first-order chi connectivity index (χ1) is 11.8. The molecule has 1 N–H and O–H groups in total. The average molecular weight is 321 g/mol. The maximum Gasteiger partial charge on any atom is 0.108 e. The van der Waals surface area contributed by atoms with Crippen molar-refractivity contribution in [2.24, 2.45) is 5.92 Å². The molecule has 1 unspecified atom stereocenters. The Morgan fingerprint density at radius 1 is 1.29 bits per heavy atom. The Morgan fingerprint density at radius 2 is 2.17 bits per heavy atom. The summed E-state index contributed by atoms with van der Waals surface area (Å²) >= 11 is 0. The first-order valence-corrected chi connectivity index (χ1v) is 8.56. The number of aromatic amines is 1. The van der Waals surface area contributed by atoms with Gasteiger partial charge in [-0.2, -0.15) is 5.10 Å². The Bertz CT molecular complexity index is 789. The van der Waals surface area contributed by atoms with Crippen LogP contribution in [-0.4, -0.2) is 38.2 Å². The van der Waals surface area contributed by atoms with Crippen molar-refractivity contribution in [1.29, 1.82) is 0 Å². The molecule has 1 aliphatic rings. The highest BCUT2D eigenvalue weighted by atomic mass is 15.1. The third-order valence-corrected chi connectivity index (χ3v) is 4.82. The minimum absolute atomic E-state index is 0.684. The maximum atomic E-state index is 4.41. The molecule has 5 heteroatoms. The summed E-state index contributed by atoms with van der Waals surface area (Å²) in [5.41, 5.74) is 3.57. The van der Waals surface area contributed by atoms with Gasteiger partial charge in [-0.3, -0.25) is 5.10 Å². The van der Waals surface area contributed by atoms with Crippen molar-refractivity contribution < 1.29 is 0 Å². The number of fused-ring (bicyclic) bond motifs is 1. The van der Waals surface area contributed by atoms with Gasteiger partial charge in [0.2, 0.25) is 0 Å². The van der Waals surface area contributed by atoms with Gasteiger partial charge in [0, 0.05) is 44.0 Å². The number of aryl methyl sites for hydroxylation is 1. The maximum absolute atomic E-state index is 4.41. The van der Waals surface area contributed by atoms with Crippen LogP contribution in [0.25, 0.3) is 11.3 Å². The molecule has 1 atom stereocenters. The molecule has 0 radical (unpaired) electrons. The molecule has 24 heavy (non-hydrogen) atoms. The van der Waals surface area contributed by atoms with E-state index in [0.29, 0.717) is 5.92 Å². The fourth-order valence-corrected chi connectivity index (χ4v) is 3.67. The molecule has 0 saturated carbocycles. The number of benzene rings is 1. The normalized spacial score (nSPS) is 17.2. The van der Waals surface area contributed by atoms with Crippen LogP contribution in [0.15, 0.2) is 48.9 Å². The van der Waals surface area contributed by atoms with E-state index >= 15 is 0 Å². The second-order valence-corrected chi connectivity index (χ2v) is 6.73. The predicted molar refractivity (Wildman–Crippen MR) is 94.4 cm³/mol. The zero-order valence-electron chi connectivity index (χ0n) is 14.0. The lowest BCUT2D eigenvalue weighted by molar-refractivity contribution is 0.229. The number of hydrogen-bond donors (Lipinski definition) is 1. The molecular weight excluding hydrogens is 298 g/mol. The summed E-state index contributed by atoms with van der Waals surface area (Å²) in [5.74, 6) is 1.92. The number of nitrogens with one attached hydrogen (secondary N) is 1. The molecule has 2 aromatic heterocycles. The minimum Gasteiger partial charge on any atom is -0.335 e. The minimum atomic E-state index is 0.684. The van der Waals surface area contributed by atoms with Crippen LogP contribution in [0, 0.1) is 5.92 Å². The Morgan fingerprint density at radius 3 is 3.04 bits per heavy atom. The number of nitrogens with zero attached hydrogens (tertiary/aromatic N) is 4. The van der Waals surface area contributed by atoms with Crippen LogP contribution in [0.5, 0.6) is 0 Å². The molecule has 3 aromatic rings. The second kappa shape index (κ2) is 6.61. The Labute approximate surface area is 142 Å². The monoisotopic (exact) mass is 321 g/mol. The summed E-state index contributed by atoms with van der Waals surface area (Å²) in [6.45, 7) is 3.08. The SMILES string of the molecule is CN(Cc1cn[nH]c1-c1ccccc1)CC1CCc2nccn2C1. The Kier molecular flexibility index (Phi) is 4.17. The van der Waals surface area contributed by atoms with Gasteiger partial charge in [-0.1, -0.05) is 30.3 Å². The zero-order chi connectivity index (χ0) is 16.4. The van der Waals surface area contributed by atoms with E-state index in [-0.39, 0.29) is 0 Å². The predicted octanol–water partition coefficient (Wildman–Crippen LogP) is 2.97. The summed E-state index contributed by atoms with van der Waals surface area (Å²) in [5, 5.41) is 7.41. The van der Waals surface area contributed by atoms with Crippen molar-refractivity contribution in [3.63, 3.8) is 0 Å². The van der Waals surface area contributed by atoms with Crippen LogP contribution in [0.4, 0.5) is 0 Å². The van der Waals surface area contributed by atoms with Gasteiger partial charge in [0.05, 0.1) is 11.9 Å². The molecule has 3 heterocycles. The average Bonchev–Trinajstić information content (AvgIpc) is 3.24. The molecule has 0 amide bonds. The van der Waals surface area contributed by atoms with Gasteiger partial charge in [-0.25, -0.2) is 4.98 Å². The van der Waals surface area contributed by atoms with E-state index < -0.39 is 0 Å². The Hall–Kier alpha value is -2.40. The Balaban J connectivity index is 1.41. The van der Waals surface area contributed by atoms with Crippen LogP contribution in [0.3, 0.4) is 0 Å². The largest absolute Gasteiger partial charge is 0.335 e. The van der Waals surface area contributed by atoms with Crippen LogP contribution >= 0.6 is 0 Å². The molecule has 0 spiro atoms. The molecule has 5 nitrogen and oxygen atoms in total. The van der Waals surface area contributed by atoms with Crippen LogP contribution in [0.1, 0.15) is 17.8 Å². The smallest absolute Gasteiger partial charge is 0.108 e. The van der Waals surface area contributed by atoms with Gasteiger partial charge in [0.25, 0.3) is 0 Å². The second-order valence-electron chi connectivity index (χ2n) is 6.73. The number of H-pyrrole nitrogens is 1. The van der Waals surface area contributed by atoms with Crippen molar-refractivity contribution in [3.05, 3.63) is 60.3 Å². The number of rotatable bonds is 5. The number of hydrogen-bond acceptors (Lipinski definition) is 3. The molecule has 0 saturated heterocycles. The topological polar surface area (TPSA) is 49.7 Å². The van der Waals surface area contributed by atoms with Crippen molar-refractivity contribution in [2.45, 2.75) is 25.9 Å². The number of aromatic nitrogens is 4. The summed E-state index contributed by atoms with van der Waals surface area (Å²) in [4.78, 5) is 6.82. The molecule has 4 rings (SSSR count). The van der Waals surface area contributed by atoms with E-state index in [2.05, 4.69) is 62.2 Å². The highest BCUT2D eigenvalue weighted by molar-refractivity contribution is 5.62. The van der Waals surface area contributed by atoms with E-state index in [0.717, 1.165) is 31.7 Å². The van der Waals surface area contributed by atoms with E-state index in [1.807, 2.05) is 18.5 Å². The summed E-state index contributed by atoms with van der Waals surface area (Å²) in [7, 11) is 2.20. The zero-order valence-corrected chi connectivity index (χ0v) is 14.0. The van der Waals surface area contributed by atoms with Crippen molar-refractivity contribution in [2.75, 3.05) is 13.6 Å². The molecular formula is C19H23N5. The van der Waals surface area contributed by atoms with Gasteiger partial charge >= 0.3 is 0 Å². The van der Waals surface area contributed by atoms with E-state index in [4.69, 9.17) is 0 Å². The van der Waals surface area contributed by atoms with Gasteiger partial charge in [-0.15, -0.1) is 0 Å². The van der Waals surface area contributed by atoms with Gasteiger partial charge in [-0.05, 0) is 24.9 Å². The molecule has 0 bridgehead atoms. The van der Waals surface area contributed by atoms with Crippen LogP contribution < -0.4 is 0 Å². The highest BCUT2D eigenvalue weighted by Gasteiger charge is 2.20. The van der Waals surface area contributed by atoms with Crippen LogP contribution in [0.2, 0.25) is 0 Å². The first kappa shape index (κ1) is 15.1. The third-order valence-electron chi connectivity index (χ3n) is 4.82. The number of imidazole rings is 1. The lowest BCUT2D eigenvalue weighted by Crippen LogP contribution is -2.31. The first-order valence-electron chi connectivity index (χ1n) is 8.56. The lowest BCUT2D eigenvalue weighted by Gasteiger charge is -2.28. The van der Waals surface area contributed by atoms with Crippen LogP contribution in [-0.2, 0) is 19.5 Å². The summed E-state index contributed by atoms with van der Waals surface area (Å²) < 4.78 is 2.30. The fraction of sp³-hybridized carbons (Fsp3) is 0.368. The molecule has 124 valence electrons. The van der Waals surface area contributed by atoms with Gasteiger partial charge in [0.1, 0.15) is 5.82 Å². The summed E-state index contributed by atoms with van der Waals surface area (Å²) in [6.07, 6.45) is 8.28. The quantitative estimate of drug-likeness (QED) is 0.786. The molecule has 1 aliphatic heterocycles. The highest BCUT2D eigenvalue weighted by Crippen LogP contribution is 2.23. The van der Waals surface area contributed by atoms with E-state index in [1.165, 1.54) is 23.4 Å². The molecule has 0 aliphatic carbocycles. The fourth-order valence-electron chi connectivity index (χ4n) is 3.67. The van der Waals surface area contributed by atoms with Gasteiger partial charge < -0.3 is 9.47 Å². The van der Waals surface area contributed by atoms with Crippen molar-refractivity contribution in [3.8, 4) is 11.3 Å². The molecule has 0 fully saturated rings. The van der Waals surface area contributed by atoms with Crippen molar-refractivity contribution >= 4 is 0 Å². The summed E-state index contributed by atoms with van der Waals surface area (Å²) in [6, 6.07) is 10.4.